The molecule has 0 aliphatic heterocycles. The molecule has 168 valence electrons. The highest BCUT2D eigenvalue weighted by Gasteiger charge is 2.14. The van der Waals surface area contributed by atoms with Gasteiger partial charge in [-0.15, -0.1) is 0 Å². The third kappa shape index (κ3) is 5.73. The number of rotatable bonds is 12. The first-order valence-corrected chi connectivity index (χ1v) is 12.6. The van der Waals surface area contributed by atoms with Gasteiger partial charge < -0.3 is 14.5 Å². The van der Waals surface area contributed by atoms with Crippen LogP contribution in [0.3, 0.4) is 0 Å². The molecule has 0 aliphatic rings. The van der Waals surface area contributed by atoms with Gasteiger partial charge in [0.15, 0.2) is 0 Å². The molecule has 32 heavy (non-hydrogen) atoms. The average Bonchev–Trinajstić information content (AvgIpc) is 3.21. The van der Waals surface area contributed by atoms with E-state index in [1.165, 1.54) is 48.6 Å². The normalized spacial score (nSPS) is 11.4. The Kier molecular flexibility index (Phi) is 8.24. The van der Waals surface area contributed by atoms with Crippen LogP contribution >= 0.6 is 15.9 Å². The zero-order valence-corrected chi connectivity index (χ0v) is 20.4. The fourth-order valence-corrected chi connectivity index (χ4v) is 4.57. The van der Waals surface area contributed by atoms with Gasteiger partial charge in [0.1, 0.15) is 16.9 Å². The quantitative estimate of drug-likeness (QED) is 0.203. The summed E-state index contributed by atoms with van der Waals surface area (Å²) in [4.78, 5) is 0. The first kappa shape index (κ1) is 22.9. The smallest absolute Gasteiger partial charge is 0.149 e. The van der Waals surface area contributed by atoms with Crippen LogP contribution in [0.1, 0.15) is 50.2 Å². The maximum atomic E-state index is 6.20. The molecule has 0 unspecified atom stereocenters. The highest BCUT2D eigenvalue weighted by atomic mass is 79.9. The Balaban J connectivity index is 1.31. The fraction of sp³-hybridized carbons (Fsp3) is 0.357. The van der Waals surface area contributed by atoms with Gasteiger partial charge in [-0.05, 0) is 77.5 Å². The van der Waals surface area contributed by atoms with Gasteiger partial charge in [-0.3, -0.25) is 0 Å². The minimum absolute atomic E-state index is 0.719. The molecule has 3 aromatic carbocycles. The van der Waals surface area contributed by atoms with Gasteiger partial charge in [-0.2, -0.15) is 0 Å². The summed E-state index contributed by atoms with van der Waals surface area (Å²) in [7, 11) is 0. The van der Waals surface area contributed by atoms with Crippen LogP contribution in [0.25, 0.3) is 21.9 Å². The number of hydrogen-bond acceptors (Lipinski definition) is 3. The van der Waals surface area contributed by atoms with Crippen molar-refractivity contribution < 1.29 is 9.15 Å². The van der Waals surface area contributed by atoms with E-state index in [2.05, 4.69) is 76.7 Å². The maximum absolute atomic E-state index is 6.20. The van der Waals surface area contributed by atoms with Crippen molar-refractivity contribution in [3.8, 4) is 5.75 Å². The Labute approximate surface area is 199 Å². The predicted octanol–water partition coefficient (Wildman–Crippen LogP) is 8.03. The summed E-state index contributed by atoms with van der Waals surface area (Å²) in [6, 6.07) is 21.2. The summed E-state index contributed by atoms with van der Waals surface area (Å²) in [5.74, 6) is 0.862. The molecule has 0 aliphatic carbocycles. The lowest BCUT2D eigenvalue weighted by Crippen LogP contribution is -2.14. The number of furan rings is 1. The molecule has 0 radical (unpaired) electrons. The number of hydrogen-bond donors (Lipinski definition) is 1. The Morgan fingerprint density at radius 1 is 0.938 bits per heavy atom. The van der Waals surface area contributed by atoms with E-state index in [0.29, 0.717) is 0 Å². The molecule has 1 aromatic heterocycles. The Hall–Kier alpha value is -2.30. The minimum Gasteiger partial charge on any atom is -0.493 e. The van der Waals surface area contributed by atoms with Gasteiger partial charge in [0, 0.05) is 23.4 Å². The standard InChI is InChI=1S/C28H32BrNO2/c1-2-18-31-23-14-15-24-26(19-23)32-28-25(29)16-13-22(27(24)28)20-30-17-9-4-3-6-10-21-11-7-5-8-12-21/h5,7-8,11-16,19,30H,2-4,6,9-10,17-18,20H2,1H3. The number of nitrogens with one attached hydrogen (secondary N) is 1. The van der Waals surface area contributed by atoms with Crippen molar-refractivity contribution in [1.82, 2.24) is 5.32 Å². The molecule has 4 rings (SSSR count). The van der Waals surface area contributed by atoms with Crippen LogP contribution in [0.15, 0.2) is 69.6 Å². The molecule has 0 amide bonds. The molecule has 3 nitrogen and oxygen atoms in total. The first-order valence-electron chi connectivity index (χ1n) is 11.8. The van der Waals surface area contributed by atoms with Gasteiger partial charge in [-0.25, -0.2) is 0 Å². The molecule has 0 atom stereocenters. The largest absolute Gasteiger partial charge is 0.493 e. The Morgan fingerprint density at radius 2 is 1.78 bits per heavy atom. The molecule has 0 spiro atoms. The van der Waals surface area contributed by atoms with Crippen molar-refractivity contribution >= 4 is 37.9 Å². The van der Waals surface area contributed by atoms with E-state index in [9.17, 15) is 0 Å². The van der Waals surface area contributed by atoms with E-state index in [1.807, 2.05) is 12.1 Å². The van der Waals surface area contributed by atoms with Crippen molar-refractivity contribution in [3.05, 3.63) is 76.3 Å². The summed E-state index contributed by atoms with van der Waals surface area (Å²) < 4.78 is 13.0. The third-order valence-electron chi connectivity index (χ3n) is 5.83. The van der Waals surface area contributed by atoms with Gasteiger partial charge in [0.2, 0.25) is 0 Å². The van der Waals surface area contributed by atoms with Gasteiger partial charge in [0.05, 0.1) is 11.1 Å². The molecular formula is C28H32BrNO2. The van der Waals surface area contributed by atoms with Gasteiger partial charge in [0.25, 0.3) is 0 Å². The second kappa shape index (κ2) is 11.5. The number of ether oxygens (including phenoxy) is 1. The molecule has 4 heteroatoms. The Morgan fingerprint density at radius 3 is 2.62 bits per heavy atom. The maximum Gasteiger partial charge on any atom is 0.149 e. The molecule has 0 saturated heterocycles. The first-order chi connectivity index (χ1) is 15.8. The zero-order valence-electron chi connectivity index (χ0n) is 18.8. The summed E-state index contributed by atoms with van der Waals surface area (Å²) in [6.45, 7) is 4.71. The highest BCUT2D eigenvalue weighted by molar-refractivity contribution is 9.10. The van der Waals surface area contributed by atoms with Crippen molar-refractivity contribution in [3.63, 3.8) is 0 Å². The van der Waals surface area contributed by atoms with Crippen LogP contribution in [-0.2, 0) is 13.0 Å². The topological polar surface area (TPSA) is 34.4 Å². The van der Waals surface area contributed by atoms with Crippen LogP contribution in [0.5, 0.6) is 5.75 Å². The second-order valence-electron chi connectivity index (χ2n) is 8.35. The van der Waals surface area contributed by atoms with Crippen LogP contribution in [0, 0.1) is 0 Å². The van der Waals surface area contributed by atoms with Crippen molar-refractivity contribution in [2.75, 3.05) is 13.2 Å². The van der Waals surface area contributed by atoms with E-state index in [0.717, 1.165) is 52.9 Å². The fourth-order valence-electron chi connectivity index (χ4n) is 4.15. The molecule has 1 heterocycles. The van der Waals surface area contributed by atoms with Gasteiger partial charge in [-0.1, -0.05) is 56.2 Å². The average molecular weight is 494 g/mol. The molecule has 1 N–H and O–H groups in total. The van der Waals surface area contributed by atoms with Crippen LogP contribution in [-0.4, -0.2) is 13.2 Å². The molecular weight excluding hydrogens is 462 g/mol. The van der Waals surface area contributed by atoms with Crippen LogP contribution in [0.4, 0.5) is 0 Å². The highest BCUT2D eigenvalue weighted by Crippen LogP contribution is 2.37. The minimum atomic E-state index is 0.719. The number of aryl methyl sites for hydroxylation is 1. The lowest BCUT2D eigenvalue weighted by Gasteiger charge is -2.08. The second-order valence-corrected chi connectivity index (χ2v) is 9.20. The molecule has 0 bridgehead atoms. The Bertz CT molecular complexity index is 1140. The van der Waals surface area contributed by atoms with E-state index in [-0.39, 0.29) is 0 Å². The summed E-state index contributed by atoms with van der Waals surface area (Å²) in [5.41, 5.74) is 4.50. The molecule has 4 aromatic rings. The van der Waals surface area contributed by atoms with Crippen LogP contribution in [0.2, 0.25) is 0 Å². The lowest BCUT2D eigenvalue weighted by molar-refractivity contribution is 0.317. The predicted molar refractivity (Wildman–Crippen MR) is 138 cm³/mol. The summed E-state index contributed by atoms with van der Waals surface area (Å²) in [5, 5.41) is 5.96. The van der Waals surface area contributed by atoms with E-state index in [4.69, 9.17) is 9.15 Å². The number of halogens is 1. The van der Waals surface area contributed by atoms with E-state index < -0.39 is 0 Å². The summed E-state index contributed by atoms with van der Waals surface area (Å²) in [6.07, 6.45) is 7.20. The molecule has 0 saturated carbocycles. The van der Waals surface area contributed by atoms with Crippen molar-refractivity contribution in [2.24, 2.45) is 0 Å². The number of unbranched alkanes of at least 4 members (excludes halogenated alkanes) is 3. The number of fused-ring (bicyclic) bond motifs is 3. The SMILES string of the molecule is CCCOc1ccc2c(c1)oc1c(Br)ccc(CNCCCCCCc3ccccc3)c12. The van der Waals surface area contributed by atoms with Crippen LogP contribution < -0.4 is 10.1 Å². The molecule has 0 fully saturated rings. The van der Waals surface area contributed by atoms with Crippen molar-refractivity contribution in [2.45, 2.75) is 52.0 Å². The zero-order chi connectivity index (χ0) is 22.2. The van der Waals surface area contributed by atoms with Crippen molar-refractivity contribution in [1.29, 1.82) is 0 Å². The third-order valence-corrected chi connectivity index (χ3v) is 6.45. The van der Waals surface area contributed by atoms with E-state index >= 15 is 0 Å². The number of benzene rings is 3. The summed E-state index contributed by atoms with van der Waals surface area (Å²) >= 11 is 3.66. The van der Waals surface area contributed by atoms with E-state index in [1.54, 1.807) is 0 Å². The monoisotopic (exact) mass is 493 g/mol. The van der Waals surface area contributed by atoms with Gasteiger partial charge >= 0.3 is 0 Å². The lowest BCUT2D eigenvalue weighted by atomic mass is 10.1.